The van der Waals surface area contributed by atoms with Crippen molar-refractivity contribution in [1.82, 2.24) is 0 Å². The second-order valence-electron chi connectivity index (χ2n) is 8.59. The lowest BCUT2D eigenvalue weighted by molar-refractivity contribution is 0.323. The van der Waals surface area contributed by atoms with Gasteiger partial charge < -0.3 is 24.7 Å². The van der Waals surface area contributed by atoms with Crippen molar-refractivity contribution < 1.29 is 27.4 Å². The second kappa shape index (κ2) is 9.68. The number of sulfonamides is 1. The topological polar surface area (TPSA) is 124 Å². The van der Waals surface area contributed by atoms with Gasteiger partial charge in [0.1, 0.15) is 16.5 Å². The number of nitriles is 1. The highest BCUT2D eigenvalue weighted by Crippen LogP contribution is 2.53. The Bertz CT molecular complexity index is 1600. The first kappa shape index (κ1) is 25.0. The third-order valence-corrected chi connectivity index (χ3v) is 8.43. The molecule has 38 heavy (non-hydrogen) atoms. The zero-order valence-electron chi connectivity index (χ0n) is 21.0. The summed E-state index contributed by atoms with van der Waals surface area (Å²) in [6.07, 6.45) is 0. The van der Waals surface area contributed by atoms with E-state index in [1.165, 1.54) is 25.6 Å². The fraction of sp³-hybridized carbons (Fsp3) is 0.179. The number of ether oxygens (including phenoxy) is 4. The third kappa shape index (κ3) is 3.88. The summed E-state index contributed by atoms with van der Waals surface area (Å²) in [5, 5.41) is 10.1. The maximum Gasteiger partial charge on any atom is 0.265 e. The third-order valence-electron chi connectivity index (χ3n) is 6.55. The summed E-state index contributed by atoms with van der Waals surface area (Å²) in [6.45, 7) is 0.0834. The van der Waals surface area contributed by atoms with Crippen LogP contribution in [0.15, 0.2) is 83.1 Å². The van der Waals surface area contributed by atoms with E-state index in [0.29, 0.717) is 34.1 Å². The molecule has 0 amide bonds. The summed E-state index contributed by atoms with van der Waals surface area (Å²) in [5.74, 6) is -0.235. The summed E-state index contributed by atoms with van der Waals surface area (Å²) < 4.78 is 52.5. The Morgan fingerprint density at radius 3 is 2.21 bits per heavy atom. The molecule has 3 aromatic carbocycles. The number of methoxy groups -OCH3 is 3. The van der Waals surface area contributed by atoms with Gasteiger partial charge in [-0.2, -0.15) is 5.26 Å². The molecular weight excluding hydrogens is 506 g/mol. The van der Waals surface area contributed by atoms with Crippen molar-refractivity contribution in [3.63, 3.8) is 0 Å². The Kier molecular flexibility index (Phi) is 6.38. The lowest BCUT2D eigenvalue weighted by Gasteiger charge is -2.38. The first-order valence-electron chi connectivity index (χ1n) is 11.6. The minimum Gasteiger partial charge on any atom is -0.493 e. The van der Waals surface area contributed by atoms with Crippen molar-refractivity contribution in [3.8, 4) is 23.3 Å². The van der Waals surface area contributed by atoms with E-state index in [-0.39, 0.29) is 28.7 Å². The maximum atomic E-state index is 14.4. The molecular formula is C28H25N3O6S. The van der Waals surface area contributed by atoms with Crippen LogP contribution in [0.25, 0.3) is 5.76 Å². The van der Waals surface area contributed by atoms with Gasteiger partial charge in [0.2, 0.25) is 11.6 Å². The van der Waals surface area contributed by atoms with Gasteiger partial charge in [-0.3, -0.25) is 4.31 Å². The fourth-order valence-corrected chi connectivity index (χ4v) is 6.74. The molecule has 194 valence electrons. The number of para-hydroxylation sites is 1. The van der Waals surface area contributed by atoms with Gasteiger partial charge in [0.15, 0.2) is 17.3 Å². The largest absolute Gasteiger partial charge is 0.493 e. The molecule has 2 N–H and O–H groups in total. The van der Waals surface area contributed by atoms with E-state index in [2.05, 4.69) is 6.07 Å². The van der Waals surface area contributed by atoms with Crippen LogP contribution in [0.4, 0.5) is 5.69 Å². The number of anilines is 1. The monoisotopic (exact) mass is 531 g/mol. The van der Waals surface area contributed by atoms with Crippen LogP contribution in [0.5, 0.6) is 17.2 Å². The van der Waals surface area contributed by atoms with Gasteiger partial charge in [-0.15, -0.1) is 0 Å². The summed E-state index contributed by atoms with van der Waals surface area (Å²) in [4.78, 5) is -0.0906. The molecule has 9 nitrogen and oxygen atoms in total. The molecule has 0 spiro atoms. The summed E-state index contributed by atoms with van der Waals surface area (Å²) in [5.41, 5.74) is 8.40. The van der Waals surface area contributed by atoms with Crippen LogP contribution in [0, 0.1) is 11.3 Å². The summed E-state index contributed by atoms with van der Waals surface area (Å²) in [6, 6.07) is 21.6. The van der Waals surface area contributed by atoms with Gasteiger partial charge in [-0.1, -0.05) is 42.5 Å². The SMILES string of the molecule is COc1cc([C@H]2C(C#N)=C(N)OC3=C2S(=O)(=O)N(Cc2ccccc2)c2ccccc23)cc(OC)c1OC. The van der Waals surface area contributed by atoms with Crippen LogP contribution in [-0.2, 0) is 21.3 Å². The van der Waals surface area contributed by atoms with E-state index in [1.807, 2.05) is 30.3 Å². The molecule has 0 fully saturated rings. The molecule has 2 heterocycles. The first-order valence-corrected chi connectivity index (χ1v) is 13.1. The lowest BCUT2D eigenvalue weighted by Crippen LogP contribution is -2.39. The first-order chi connectivity index (χ1) is 18.3. The van der Waals surface area contributed by atoms with Gasteiger partial charge in [0, 0.05) is 5.56 Å². The summed E-state index contributed by atoms with van der Waals surface area (Å²) in [7, 11) is 0.167. The van der Waals surface area contributed by atoms with E-state index in [0.717, 1.165) is 5.56 Å². The van der Waals surface area contributed by atoms with E-state index in [9.17, 15) is 13.7 Å². The Labute approximate surface area is 221 Å². The van der Waals surface area contributed by atoms with E-state index < -0.39 is 15.9 Å². The van der Waals surface area contributed by atoms with Crippen LogP contribution in [0.1, 0.15) is 22.6 Å². The Balaban J connectivity index is 1.79. The highest BCUT2D eigenvalue weighted by molar-refractivity contribution is 7.96. The van der Waals surface area contributed by atoms with Crippen molar-refractivity contribution in [2.45, 2.75) is 12.5 Å². The molecule has 0 saturated heterocycles. The average Bonchev–Trinajstić information content (AvgIpc) is 2.94. The summed E-state index contributed by atoms with van der Waals surface area (Å²) >= 11 is 0. The van der Waals surface area contributed by atoms with Crippen molar-refractivity contribution in [2.75, 3.05) is 25.6 Å². The number of hydrogen-bond donors (Lipinski definition) is 1. The number of rotatable bonds is 6. The van der Waals surface area contributed by atoms with Crippen LogP contribution in [-0.4, -0.2) is 29.7 Å². The maximum absolute atomic E-state index is 14.4. The molecule has 0 saturated carbocycles. The van der Waals surface area contributed by atoms with Crippen molar-refractivity contribution in [3.05, 3.63) is 99.8 Å². The predicted molar refractivity (Wildman–Crippen MR) is 142 cm³/mol. The zero-order valence-corrected chi connectivity index (χ0v) is 21.8. The van der Waals surface area contributed by atoms with Crippen molar-refractivity contribution >= 4 is 21.5 Å². The van der Waals surface area contributed by atoms with Crippen LogP contribution < -0.4 is 24.2 Å². The molecule has 0 radical (unpaired) electrons. The Morgan fingerprint density at radius 2 is 1.61 bits per heavy atom. The highest BCUT2D eigenvalue weighted by Gasteiger charge is 2.47. The predicted octanol–water partition coefficient (Wildman–Crippen LogP) is 4.24. The second-order valence-corrected chi connectivity index (χ2v) is 10.4. The smallest absolute Gasteiger partial charge is 0.265 e. The number of nitrogens with zero attached hydrogens (tertiary/aromatic N) is 2. The number of benzene rings is 3. The number of allylic oxidation sites excluding steroid dienone is 2. The van der Waals surface area contributed by atoms with Crippen molar-refractivity contribution in [1.29, 1.82) is 5.26 Å². The Morgan fingerprint density at radius 1 is 0.974 bits per heavy atom. The van der Waals surface area contributed by atoms with Gasteiger partial charge in [-0.05, 0) is 35.4 Å². The molecule has 5 rings (SSSR count). The van der Waals surface area contributed by atoms with Crippen LogP contribution in [0.3, 0.4) is 0 Å². The Hall–Kier alpha value is -4.62. The number of hydrogen-bond acceptors (Lipinski definition) is 8. The molecule has 1 atom stereocenters. The normalized spacial score (nSPS) is 17.6. The molecule has 3 aromatic rings. The quantitative estimate of drug-likeness (QED) is 0.501. The molecule has 2 aliphatic rings. The average molecular weight is 532 g/mol. The van der Waals surface area contributed by atoms with E-state index in [4.69, 9.17) is 24.7 Å². The molecule has 0 aromatic heterocycles. The number of nitrogens with two attached hydrogens (primary N) is 1. The fourth-order valence-electron chi connectivity index (χ4n) is 4.83. The zero-order chi connectivity index (χ0) is 27.0. The molecule has 0 bridgehead atoms. The standard InChI is InChI=1S/C28H25N3O6S/c1-34-22-13-18(14-23(35-2)26(22)36-3)24-20(15-29)28(30)37-25-19-11-7-8-12-21(19)31(38(32,33)27(24)25)16-17-9-5-4-6-10-17/h4-14,24H,16,30H2,1-3H3/t24-/m0/s1. The van der Waals surface area contributed by atoms with Gasteiger partial charge in [-0.25, -0.2) is 8.42 Å². The van der Waals surface area contributed by atoms with Crippen LogP contribution >= 0.6 is 0 Å². The molecule has 2 aliphatic heterocycles. The molecule has 10 heteroatoms. The van der Waals surface area contributed by atoms with E-state index in [1.54, 1.807) is 36.4 Å². The minimum atomic E-state index is -4.22. The van der Waals surface area contributed by atoms with Gasteiger partial charge in [0.25, 0.3) is 10.0 Å². The molecule has 0 aliphatic carbocycles. The van der Waals surface area contributed by atoms with Crippen LogP contribution in [0.2, 0.25) is 0 Å². The minimum absolute atomic E-state index is 0.0411. The highest BCUT2D eigenvalue weighted by atomic mass is 32.2. The van der Waals surface area contributed by atoms with E-state index >= 15 is 0 Å². The van der Waals surface area contributed by atoms with Gasteiger partial charge >= 0.3 is 0 Å². The molecule has 0 unspecified atom stereocenters. The lowest BCUT2D eigenvalue weighted by atomic mass is 9.87. The number of fused-ring (bicyclic) bond motifs is 2. The van der Waals surface area contributed by atoms with Crippen molar-refractivity contribution in [2.24, 2.45) is 5.73 Å². The van der Waals surface area contributed by atoms with Gasteiger partial charge in [0.05, 0.1) is 39.5 Å².